The number of hydrogen-bond donors (Lipinski definition) is 2. The van der Waals surface area contributed by atoms with Gasteiger partial charge >= 0.3 is 5.97 Å². The molecule has 34 heavy (non-hydrogen) atoms. The molecule has 10 heteroatoms. The summed E-state index contributed by atoms with van der Waals surface area (Å²) in [5, 5.41) is 19.8. The van der Waals surface area contributed by atoms with Gasteiger partial charge in [0.2, 0.25) is 5.12 Å². The molecule has 2 rings (SSSR count). The average molecular weight is 493 g/mol. The molecule has 0 spiro atoms. The summed E-state index contributed by atoms with van der Waals surface area (Å²) in [7, 11) is 1.52. The van der Waals surface area contributed by atoms with Crippen molar-refractivity contribution in [1.29, 1.82) is 0 Å². The standard InChI is InChI=1S/C24H36N4O5S/c1-3-4-5-6-7-8-9-10-11-12-15-33-20-14-13-18(32-2)16-19(20)22(24(31)34)23-25-26-27-28(23)17-21(29)30/h13-14,16,22H,3-12,15,17H2,1-2H3,(H,29,30)(H,31,34). The third-order valence-corrected chi connectivity index (χ3v) is 5.89. The van der Waals surface area contributed by atoms with Crippen molar-refractivity contribution < 1.29 is 24.2 Å². The maximum atomic E-state index is 12.5. The molecule has 0 amide bonds. The Balaban J connectivity index is 1.99. The summed E-state index contributed by atoms with van der Waals surface area (Å²) in [6, 6.07) is 5.16. The summed E-state index contributed by atoms with van der Waals surface area (Å²) in [5.41, 5.74) is 0.480. The van der Waals surface area contributed by atoms with E-state index in [-0.39, 0.29) is 5.82 Å². The van der Waals surface area contributed by atoms with Crippen molar-refractivity contribution in [2.75, 3.05) is 13.7 Å². The Morgan fingerprint density at radius 1 is 1.06 bits per heavy atom. The molecular weight excluding hydrogens is 456 g/mol. The van der Waals surface area contributed by atoms with Crippen molar-refractivity contribution in [3.05, 3.63) is 29.6 Å². The lowest BCUT2D eigenvalue weighted by Gasteiger charge is -2.18. The Labute approximate surface area is 206 Å². The van der Waals surface area contributed by atoms with Crippen molar-refractivity contribution in [1.82, 2.24) is 20.2 Å². The van der Waals surface area contributed by atoms with Gasteiger partial charge in [0.15, 0.2) is 5.82 Å². The molecule has 2 aromatic rings. The summed E-state index contributed by atoms with van der Waals surface area (Å²) in [6.07, 6.45) is 12.3. The van der Waals surface area contributed by atoms with Crippen molar-refractivity contribution in [3.8, 4) is 11.5 Å². The number of carbonyl (C=O) groups is 2. The van der Waals surface area contributed by atoms with E-state index in [1.165, 1.54) is 58.5 Å². The molecule has 0 aliphatic heterocycles. The molecule has 9 nitrogen and oxygen atoms in total. The lowest BCUT2D eigenvalue weighted by molar-refractivity contribution is -0.138. The van der Waals surface area contributed by atoms with Gasteiger partial charge in [-0.05, 0) is 35.0 Å². The molecule has 1 unspecified atom stereocenters. The highest BCUT2D eigenvalue weighted by Crippen LogP contribution is 2.35. The van der Waals surface area contributed by atoms with Gasteiger partial charge in [0, 0.05) is 5.56 Å². The number of methoxy groups -OCH3 is 1. The molecule has 1 atom stereocenters. The first-order chi connectivity index (χ1) is 16.5. The topological polar surface area (TPSA) is 116 Å². The van der Waals surface area contributed by atoms with Crippen LogP contribution in [0.15, 0.2) is 18.2 Å². The van der Waals surface area contributed by atoms with E-state index in [4.69, 9.17) is 14.6 Å². The minimum atomic E-state index is -1.12. The molecule has 1 heterocycles. The quantitative estimate of drug-likeness (QED) is 0.228. The highest BCUT2D eigenvalue weighted by Gasteiger charge is 2.30. The number of benzene rings is 1. The number of carboxylic acids is 1. The number of carboxylic acid groups (broad SMARTS) is 1. The third-order valence-electron chi connectivity index (χ3n) is 5.63. The zero-order valence-electron chi connectivity index (χ0n) is 20.1. The first-order valence-electron chi connectivity index (χ1n) is 12.0. The molecule has 0 fully saturated rings. The van der Waals surface area contributed by atoms with E-state index >= 15 is 0 Å². The summed E-state index contributed by atoms with van der Waals surface area (Å²) in [6.45, 7) is 2.26. The summed E-state index contributed by atoms with van der Waals surface area (Å²) >= 11 is 4.03. The lowest BCUT2D eigenvalue weighted by atomic mass is 9.98. The Hall–Kier alpha value is -2.62. The predicted octanol–water partition coefficient (Wildman–Crippen LogP) is 4.65. The van der Waals surface area contributed by atoms with Gasteiger partial charge in [0.25, 0.3) is 0 Å². The molecule has 0 saturated heterocycles. The van der Waals surface area contributed by atoms with Crippen LogP contribution >= 0.6 is 12.6 Å². The van der Waals surface area contributed by atoms with Crippen molar-refractivity contribution in [2.24, 2.45) is 0 Å². The van der Waals surface area contributed by atoms with Gasteiger partial charge in [-0.15, -0.1) is 17.7 Å². The number of hydrogen-bond acceptors (Lipinski definition) is 7. The van der Waals surface area contributed by atoms with Gasteiger partial charge in [-0.2, -0.15) is 0 Å². The number of aliphatic carboxylic acids is 1. The van der Waals surface area contributed by atoms with Crippen molar-refractivity contribution >= 4 is 23.7 Å². The zero-order chi connectivity index (χ0) is 24.8. The minimum Gasteiger partial charge on any atom is -0.497 e. The van der Waals surface area contributed by atoms with E-state index in [9.17, 15) is 9.59 Å². The van der Waals surface area contributed by atoms with E-state index in [1.54, 1.807) is 18.2 Å². The van der Waals surface area contributed by atoms with Gasteiger partial charge in [-0.1, -0.05) is 64.7 Å². The van der Waals surface area contributed by atoms with Gasteiger partial charge < -0.3 is 14.6 Å². The molecule has 1 aromatic heterocycles. The first kappa shape index (κ1) is 27.6. The average Bonchev–Trinajstić information content (AvgIpc) is 3.24. The highest BCUT2D eigenvalue weighted by atomic mass is 32.1. The normalized spacial score (nSPS) is 11.9. The second kappa shape index (κ2) is 15.3. The van der Waals surface area contributed by atoms with Crippen LogP contribution in [0.3, 0.4) is 0 Å². The van der Waals surface area contributed by atoms with Gasteiger partial charge in [-0.25, -0.2) is 4.68 Å². The first-order valence-corrected chi connectivity index (χ1v) is 12.4. The number of aromatic nitrogens is 4. The second-order valence-corrected chi connectivity index (χ2v) is 8.73. The van der Waals surface area contributed by atoms with E-state index in [0.29, 0.717) is 23.7 Å². The number of carbonyl (C=O) groups excluding carboxylic acids is 1. The second-order valence-electron chi connectivity index (χ2n) is 8.29. The van der Waals surface area contributed by atoms with Crippen LogP contribution in [0, 0.1) is 0 Å². The maximum Gasteiger partial charge on any atom is 0.325 e. The van der Waals surface area contributed by atoms with E-state index in [0.717, 1.165) is 17.5 Å². The van der Waals surface area contributed by atoms with E-state index in [1.807, 2.05) is 0 Å². The fraction of sp³-hybridized carbons (Fsp3) is 0.625. The smallest absolute Gasteiger partial charge is 0.325 e. The van der Waals surface area contributed by atoms with Crippen LogP contribution in [0.5, 0.6) is 11.5 Å². The Bertz CT molecular complexity index is 905. The molecule has 0 saturated carbocycles. The number of tetrazole rings is 1. The molecule has 0 bridgehead atoms. The monoisotopic (exact) mass is 492 g/mol. The Morgan fingerprint density at radius 2 is 1.71 bits per heavy atom. The molecular formula is C24H36N4O5S. The van der Waals surface area contributed by atoms with Crippen LogP contribution in [0.2, 0.25) is 0 Å². The van der Waals surface area contributed by atoms with Gasteiger partial charge in [0.1, 0.15) is 24.0 Å². The Kier molecular flexibility index (Phi) is 12.4. The number of ether oxygens (including phenoxy) is 2. The number of nitrogens with zero attached hydrogens (tertiary/aromatic N) is 4. The molecule has 188 valence electrons. The molecule has 0 aliphatic rings. The lowest BCUT2D eigenvalue weighted by Crippen LogP contribution is -2.20. The fourth-order valence-electron chi connectivity index (χ4n) is 3.82. The molecule has 1 aromatic carbocycles. The van der Waals surface area contributed by atoms with Crippen LogP contribution in [-0.4, -0.2) is 50.1 Å². The molecule has 0 radical (unpaired) electrons. The van der Waals surface area contributed by atoms with Crippen LogP contribution < -0.4 is 9.47 Å². The zero-order valence-corrected chi connectivity index (χ0v) is 21.0. The number of unbranched alkanes of at least 4 members (excludes halogenated alkanes) is 9. The predicted molar refractivity (Wildman–Crippen MR) is 132 cm³/mol. The summed E-state index contributed by atoms with van der Waals surface area (Å²) in [5.74, 6) is -1.02. The third kappa shape index (κ3) is 8.96. The van der Waals surface area contributed by atoms with Gasteiger partial charge in [0.05, 0.1) is 13.7 Å². The molecule has 1 N–H and O–H groups in total. The fourth-order valence-corrected chi connectivity index (χ4v) is 4.08. The van der Waals surface area contributed by atoms with Crippen LogP contribution in [0.4, 0.5) is 0 Å². The van der Waals surface area contributed by atoms with E-state index < -0.39 is 23.5 Å². The summed E-state index contributed by atoms with van der Waals surface area (Å²) in [4.78, 5) is 23.7. The highest BCUT2D eigenvalue weighted by molar-refractivity contribution is 7.96. The number of rotatable bonds is 18. The van der Waals surface area contributed by atoms with E-state index in [2.05, 4.69) is 35.1 Å². The largest absolute Gasteiger partial charge is 0.497 e. The molecule has 0 aliphatic carbocycles. The number of thiol groups is 1. The van der Waals surface area contributed by atoms with Crippen molar-refractivity contribution in [3.63, 3.8) is 0 Å². The van der Waals surface area contributed by atoms with Crippen LogP contribution in [-0.2, 0) is 16.1 Å². The Morgan fingerprint density at radius 3 is 2.29 bits per heavy atom. The van der Waals surface area contributed by atoms with Crippen LogP contribution in [0.25, 0.3) is 0 Å². The van der Waals surface area contributed by atoms with Gasteiger partial charge in [-0.3, -0.25) is 9.59 Å². The van der Waals surface area contributed by atoms with Crippen molar-refractivity contribution in [2.45, 2.75) is 83.6 Å². The minimum absolute atomic E-state index is 0.0828. The maximum absolute atomic E-state index is 12.5. The SMILES string of the molecule is CCCCCCCCCCCCOc1ccc(OC)cc1C(C(=O)S)c1nnnn1CC(=O)O. The van der Waals surface area contributed by atoms with Crippen LogP contribution in [0.1, 0.15) is 88.4 Å². The summed E-state index contributed by atoms with van der Waals surface area (Å²) < 4.78 is 12.4.